The van der Waals surface area contributed by atoms with Crippen molar-refractivity contribution in [2.45, 2.75) is 44.9 Å². The molecule has 10 nitrogen and oxygen atoms in total. The normalized spacial score (nSPS) is 17.3. The number of hydrogen-bond donors (Lipinski definition) is 2. The Bertz CT molecular complexity index is 991. The first-order chi connectivity index (χ1) is 16.6. The SMILES string of the molecule is COCCNC(=O)c1nnc2n1CC1(CC2)CCN(Cc2cccnc2)CC1.O=C(O)C(F)(F)F. The number of hydrogen-bond acceptors (Lipinski definition) is 7. The molecule has 0 aliphatic carbocycles. The lowest BCUT2D eigenvalue weighted by Gasteiger charge is -2.44. The van der Waals surface area contributed by atoms with Crippen LogP contribution in [0.2, 0.25) is 0 Å². The number of aryl methyl sites for hydroxylation is 1. The minimum Gasteiger partial charge on any atom is -0.475 e. The van der Waals surface area contributed by atoms with Gasteiger partial charge in [0.25, 0.3) is 5.91 Å². The Kier molecular flexibility index (Phi) is 8.78. The van der Waals surface area contributed by atoms with Gasteiger partial charge in [-0.1, -0.05) is 6.07 Å². The van der Waals surface area contributed by atoms with Crippen molar-refractivity contribution < 1.29 is 32.6 Å². The van der Waals surface area contributed by atoms with Crippen molar-refractivity contribution >= 4 is 11.9 Å². The summed E-state index contributed by atoms with van der Waals surface area (Å²) in [6, 6.07) is 4.13. The lowest BCUT2D eigenvalue weighted by Crippen LogP contribution is -2.45. The number of nitrogens with zero attached hydrogens (tertiary/aromatic N) is 5. The van der Waals surface area contributed by atoms with E-state index in [-0.39, 0.29) is 11.3 Å². The number of carbonyl (C=O) groups excluding carboxylic acids is 1. The summed E-state index contributed by atoms with van der Waals surface area (Å²) in [6.45, 7) is 4.90. The monoisotopic (exact) mass is 498 g/mol. The molecule has 0 saturated carbocycles. The summed E-state index contributed by atoms with van der Waals surface area (Å²) in [5, 5.41) is 18.4. The van der Waals surface area contributed by atoms with Crippen molar-refractivity contribution in [3.8, 4) is 0 Å². The maximum atomic E-state index is 12.5. The number of carbonyl (C=O) groups is 2. The molecule has 2 aromatic heterocycles. The van der Waals surface area contributed by atoms with E-state index in [2.05, 4.69) is 31.5 Å². The van der Waals surface area contributed by atoms with Crippen LogP contribution in [0.3, 0.4) is 0 Å². The molecule has 0 unspecified atom stereocenters. The predicted octanol–water partition coefficient (Wildman–Crippen LogP) is 1.91. The summed E-state index contributed by atoms with van der Waals surface area (Å²) in [7, 11) is 1.62. The fourth-order valence-corrected chi connectivity index (χ4v) is 4.33. The van der Waals surface area contributed by atoms with Gasteiger partial charge in [-0.2, -0.15) is 13.2 Å². The van der Waals surface area contributed by atoms with Gasteiger partial charge >= 0.3 is 12.1 Å². The molecule has 2 aromatic rings. The molecule has 0 atom stereocenters. The Labute approximate surface area is 200 Å². The molecule has 0 bridgehead atoms. The van der Waals surface area contributed by atoms with Crippen LogP contribution in [-0.4, -0.2) is 81.2 Å². The van der Waals surface area contributed by atoms with Gasteiger partial charge in [-0.3, -0.25) is 14.7 Å². The highest BCUT2D eigenvalue weighted by atomic mass is 19.4. The number of alkyl halides is 3. The molecule has 1 saturated heterocycles. The molecular formula is C22H29F3N6O4. The number of aromatic nitrogens is 4. The van der Waals surface area contributed by atoms with E-state index in [4.69, 9.17) is 14.6 Å². The van der Waals surface area contributed by atoms with Gasteiger partial charge in [-0.15, -0.1) is 10.2 Å². The minimum absolute atomic E-state index is 0.165. The van der Waals surface area contributed by atoms with Crippen LogP contribution in [0.25, 0.3) is 0 Å². The zero-order chi connectivity index (χ0) is 25.5. The Morgan fingerprint density at radius 2 is 1.94 bits per heavy atom. The van der Waals surface area contributed by atoms with Gasteiger partial charge in [-0.05, 0) is 49.4 Å². The molecule has 1 fully saturated rings. The average Bonchev–Trinajstić information content (AvgIpc) is 3.24. The van der Waals surface area contributed by atoms with Crippen molar-refractivity contribution in [2.75, 3.05) is 33.4 Å². The zero-order valence-corrected chi connectivity index (χ0v) is 19.4. The fraction of sp³-hybridized carbons (Fsp3) is 0.591. The first-order valence-corrected chi connectivity index (χ1v) is 11.2. The molecule has 0 aromatic carbocycles. The molecule has 4 heterocycles. The highest BCUT2D eigenvalue weighted by Crippen LogP contribution is 2.41. The van der Waals surface area contributed by atoms with Crippen LogP contribution < -0.4 is 5.32 Å². The summed E-state index contributed by atoms with van der Waals surface area (Å²) < 4.78 is 38.8. The van der Waals surface area contributed by atoms with Gasteiger partial charge in [0.2, 0.25) is 5.82 Å². The molecule has 2 aliphatic rings. The molecular weight excluding hydrogens is 469 g/mol. The zero-order valence-electron chi connectivity index (χ0n) is 19.4. The van der Waals surface area contributed by atoms with Crippen LogP contribution >= 0.6 is 0 Å². The van der Waals surface area contributed by atoms with Gasteiger partial charge < -0.3 is 19.7 Å². The Balaban J connectivity index is 0.000000429. The third-order valence-corrected chi connectivity index (χ3v) is 6.28. The number of piperidine rings is 1. The number of ether oxygens (including phenoxy) is 1. The average molecular weight is 499 g/mol. The smallest absolute Gasteiger partial charge is 0.475 e. The number of carboxylic acids is 1. The van der Waals surface area contributed by atoms with Crippen molar-refractivity contribution in [2.24, 2.45) is 5.41 Å². The van der Waals surface area contributed by atoms with E-state index in [1.165, 1.54) is 5.56 Å². The minimum atomic E-state index is -5.08. The second-order valence-corrected chi connectivity index (χ2v) is 8.72. The summed E-state index contributed by atoms with van der Waals surface area (Å²) in [5.74, 6) is -1.56. The van der Waals surface area contributed by atoms with Crippen molar-refractivity contribution in [1.82, 2.24) is 30.0 Å². The number of rotatable bonds is 6. The standard InChI is InChI=1S/C20H28N6O2.C2HF3O2/c1-28-12-9-22-19(27)18-24-23-17-4-5-20(15-26(17)18)6-10-25(11-7-20)14-16-3-2-8-21-13-16;3-2(4,5)1(6)7/h2-3,8,13H,4-7,9-12,14-15H2,1H3,(H,22,27);(H,6,7). The van der Waals surface area contributed by atoms with Gasteiger partial charge in [0.15, 0.2) is 0 Å². The molecule has 13 heteroatoms. The Hall–Kier alpha value is -3.06. The van der Waals surface area contributed by atoms with Gasteiger partial charge in [0.1, 0.15) is 5.82 Å². The Morgan fingerprint density at radius 3 is 2.54 bits per heavy atom. The van der Waals surface area contributed by atoms with Crippen LogP contribution in [0.15, 0.2) is 24.5 Å². The van der Waals surface area contributed by atoms with E-state index in [1.54, 1.807) is 7.11 Å². The third kappa shape index (κ3) is 7.21. The van der Waals surface area contributed by atoms with E-state index >= 15 is 0 Å². The molecule has 0 radical (unpaired) electrons. The topological polar surface area (TPSA) is 122 Å². The van der Waals surface area contributed by atoms with E-state index in [0.29, 0.717) is 19.0 Å². The van der Waals surface area contributed by atoms with Gasteiger partial charge in [0, 0.05) is 45.6 Å². The predicted molar refractivity (Wildman–Crippen MR) is 117 cm³/mol. The number of aliphatic carboxylic acids is 1. The first kappa shape index (κ1) is 26.5. The van der Waals surface area contributed by atoms with Crippen molar-refractivity contribution in [3.05, 3.63) is 41.7 Å². The molecule has 2 aliphatic heterocycles. The lowest BCUT2D eigenvalue weighted by atomic mass is 9.73. The summed E-state index contributed by atoms with van der Waals surface area (Å²) in [6.07, 6.45) is 2.96. The second-order valence-electron chi connectivity index (χ2n) is 8.72. The molecule has 192 valence electrons. The van der Waals surface area contributed by atoms with Crippen molar-refractivity contribution in [3.63, 3.8) is 0 Å². The van der Waals surface area contributed by atoms with Crippen LogP contribution in [0.4, 0.5) is 13.2 Å². The molecule has 4 rings (SSSR count). The summed E-state index contributed by atoms with van der Waals surface area (Å²) >= 11 is 0. The summed E-state index contributed by atoms with van der Waals surface area (Å²) in [4.78, 5) is 28.1. The fourth-order valence-electron chi connectivity index (χ4n) is 4.33. The van der Waals surface area contributed by atoms with Crippen LogP contribution in [0.1, 0.15) is 41.3 Å². The van der Waals surface area contributed by atoms with Crippen LogP contribution in [-0.2, 0) is 29.0 Å². The Morgan fingerprint density at radius 1 is 1.23 bits per heavy atom. The number of fused-ring (bicyclic) bond motifs is 1. The maximum absolute atomic E-state index is 12.5. The first-order valence-electron chi connectivity index (χ1n) is 11.2. The van der Waals surface area contributed by atoms with Crippen LogP contribution in [0, 0.1) is 5.41 Å². The third-order valence-electron chi connectivity index (χ3n) is 6.28. The highest BCUT2D eigenvalue weighted by molar-refractivity contribution is 5.90. The van der Waals surface area contributed by atoms with Crippen LogP contribution in [0.5, 0.6) is 0 Å². The van der Waals surface area contributed by atoms with Gasteiger partial charge in [-0.25, -0.2) is 4.79 Å². The number of pyridine rings is 1. The number of halogens is 3. The number of amides is 1. The molecule has 35 heavy (non-hydrogen) atoms. The molecule has 1 spiro atoms. The number of nitrogens with one attached hydrogen (secondary N) is 1. The number of likely N-dealkylation sites (tertiary alicyclic amines) is 1. The lowest BCUT2D eigenvalue weighted by molar-refractivity contribution is -0.192. The number of carboxylic acid groups (broad SMARTS) is 1. The highest BCUT2D eigenvalue weighted by Gasteiger charge is 2.40. The van der Waals surface area contributed by atoms with E-state index in [0.717, 1.165) is 57.7 Å². The molecule has 1 amide bonds. The number of methoxy groups -OCH3 is 1. The largest absolute Gasteiger partial charge is 0.490 e. The van der Waals surface area contributed by atoms with E-state index in [9.17, 15) is 18.0 Å². The van der Waals surface area contributed by atoms with E-state index in [1.807, 2.05) is 23.0 Å². The second kappa shape index (κ2) is 11.6. The molecule has 2 N–H and O–H groups in total. The van der Waals surface area contributed by atoms with E-state index < -0.39 is 12.1 Å². The maximum Gasteiger partial charge on any atom is 0.490 e. The van der Waals surface area contributed by atoms with Gasteiger partial charge in [0.05, 0.1) is 6.61 Å². The van der Waals surface area contributed by atoms with Crippen molar-refractivity contribution in [1.29, 1.82) is 0 Å². The summed E-state index contributed by atoms with van der Waals surface area (Å²) in [5.41, 5.74) is 1.50. The quantitative estimate of drug-likeness (QED) is 0.580.